The molecule has 0 saturated heterocycles. The largest absolute Gasteiger partial charge is 0.458 e. The van der Waals surface area contributed by atoms with Gasteiger partial charge in [0.05, 0.1) is 17.8 Å². The third-order valence-corrected chi connectivity index (χ3v) is 6.39. The standard InChI is InChI=1S/C15H20F5O6PS/c1-10(2)25-27(21,26-11(3)4)9-24-28(22,23)13-8-6-5-7-12(13)14(16,17)15(18,19)20/h5-8,10-11H,9H2,1-4H3. The molecular formula is C15H20F5O6PS. The second-order valence-electron chi connectivity index (χ2n) is 6.19. The van der Waals surface area contributed by atoms with Crippen LogP contribution in [0.5, 0.6) is 0 Å². The van der Waals surface area contributed by atoms with E-state index in [1.807, 2.05) is 0 Å². The van der Waals surface area contributed by atoms with Crippen LogP contribution >= 0.6 is 7.60 Å². The highest BCUT2D eigenvalue weighted by atomic mass is 32.2. The molecule has 0 fully saturated rings. The van der Waals surface area contributed by atoms with Crippen molar-refractivity contribution in [3.63, 3.8) is 0 Å². The molecular weight excluding hydrogens is 434 g/mol. The molecule has 0 atom stereocenters. The van der Waals surface area contributed by atoms with Crippen LogP contribution in [0.1, 0.15) is 33.3 Å². The predicted octanol–water partition coefficient (Wildman–Crippen LogP) is 5.05. The van der Waals surface area contributed by atoms with Crippen LogP contribution in [0, 0.1) is 0 Å². The normalized spacial score (nSPS) is 14.1. The lowest BCUT2D eigenvalue weighted by Gasteiger charge is -2.24. The maximum atomic E-state index is 13.7. The van der Waals surface area contributed by atoms with Crippen molar-refractivity contribution in [1.82, 2.24) is 0 Å². The molecule has 28 heavy (non-hydrogen) atoms. The molecule has 0 heterocycles. The van der Waals surface area contributed by atoms with E-state index in [4.69, 9.17) is 9.05 Å². The zero-order valence-corrected chi connectivity index (χ0v) is 17.1. The number of benzene rings is 1. The van der Waals surface area contributed by atoms with Crippen molar-refractivity contribution < 1.29 is 48.2 Å². The summed E-state index contributed by atoms with van der Waals surface area (Å²) in [7, 11) is -9.30. The van der Waals surface area contributed by atoms with Gasteiger partial charge in [0.25, 0.3) is 10.1 Å². The second kappa shape index (κ2) is 8.74. The highest BCUT2D eigenvalue weighted by Gasteiger charge is 2.60. The van der Waals surface area contributed by atoms with Crippen LogP contribution in [-0.2, 0) is 33.8 Å². The topological polar surface area (TPSA) is 78.9 Å². The van der Waals surface area contributed by atoms with Gasteiger partial charge >= 0.3 is 19.7 Å². The van der Waals surface area contributed by atoms with Crippen molar-refractivity contribution in [2.45, 2.75) is 56.9 Å². The van der Waals surface area contributed by atoms with E-state index < -0.39 is 58.8 Å². The fourth-order valence-corrected chi connectivity index (χ4v) is 5.39. The van der Waals surface area contributed by atoms with Crippen LogP contribution < -0.4 is 0 Å². The van der Waals surface area contributed by atoms with Crippen molar-refractivity contribution in [2.24, 2.45) is 0 Å². The third-order valence-electron chi connectivity index (χ3n) is 2.96. The summed E-state index contributed by atoms with van der Waals surface area (Å²) in [5, 5.41) is 0. The van der Waals surface area contributed by atoms with E-state index in [1.165, 1.54) is 27.7 Å². The Balaban J connectivity index is 3.27. The van der Waals surface area contributed by atoms with Gasteiger partial charge in [-0.2, -0.15) is 30.4 Å². The van der Waals surface area contributed by atoms with Crippen LogP contribution in [0.3, 0.4) is 0 Å². The van der Waals surface area contributed by atoms with Crippen LogP contribution in [0.15, 0.2) is 29.2 Å². The molecule has 0 spiro atoms. The molecule has 0 radical (unpaired) electrons. The molecule has 6 nitrogen and oxygen atoms in total. The van der Waals surface area contributed by atoms with E-state index in [2.05, 4.69) is 4.18 Å². The van der Waals surface area contributed by atoms with E-state index in [1.54, 1.807) is 0 Å². The molecule has 1 aromatic carbocycles. The molecule has 0 N–H and O–H groups in total. The minimum Gasteiger partial charge on any atom is -0.304 e. The second-order valence-corrected chi connectivity index (χ2v) is 9.67. The van der Waals surface area contributed by atoms with E-state index in [0.717, 1.165) is 12.1 Å². The number of hydrogen-bond acceptors (Lipinski definition) is 6. The lowest BCUT2D eigenvalue weighted by atomic mass is 10.1. The first-order chi connectivity index (χ1) is 12.5. The Hall–Kier alpha value is -1.07. The van der Waals surface area contributed by atoms with Crippen molar-refractivity contribution in [3.8, 4) is 0 Å². The highest BCUT2D eigenvalue weighted by Crippen LogP contribution is 2.51. The van der Waals surface area contributed by atoms with Gasteiger partial charge < -0.3 is 9.05 Å². The smallest absolute Gasteiger partial charge is 0.304 e. The number of hydrogen-bond donors (Lipinski definition) is 0. The summed E-state index contributed by atoms with van der Waals surface area (Å²) in [5.41, 5.74) is -1.81. The van der Waals surface area contributed by atoms with Crippen LogP contribution in [0.2, 0.25) is 0 Å². The SMILES string of the molecule is CC(C)OP(=O)(COS(=O)(=O)c1ccccc1C(F)(F)C(F)(F)F)OC(C)C. The Morgan fingerprint density at radius 1 is 0.964 bits per heavy atom. The molecule has 0 aromatic heterocycles. The van der Waals surface area contributed by atoms with Gasteiger partial charge in [-0.15, -0.1) is 0 Å². The van der Waals surface area contributed by atoms with E-state index in [9.17, 15) is 34.9 Å². The first-order valence-electron chi connectivity index (χ1n) is 7.91. The molecule has 0 bridgehead atoms. The summed E-state index contributed by atoms with van der Waals surface area (Å²) in [6.45, 7) is 5.90. The highest BCUT2D eigenvalue weighted by molar-refractivity contribution is 7.87. The van der Waals surface area contributed by atoms with Crippen molar-refractivity contribution in [1.29, 1.82) is 0 Å². The van der Waals surface area contributed by atoms with Gasteiger partial charge in [0.15, 0.2) is 6.35 Å². The lowest BCUT2D eigenvalue weighted by molar-refractivity contribution is -0.290. The zero-order chi connectivity index (χ0) is 22.0. The van der Waals surface area contributed by atoms with Crippen LogP contribution in [-0.4, -0.2) is 33.1 Å². The Bertz CT molecular complexity index is 808. The van der Waals surface area contributed by atoms with Gasteiger partial charge in [0, 0.05) is 0 Å². The Morgan fingerprint density at radius 3 is 1.86 bits per heavy atom. The van der Waals surface area contributed by atoms with Gasteiger partial charge in [0.1, 0.15) is 4.90 Å². The van der Waals surface area contributed by atoms with E-state index in [0.29, 0.717) is 12.1 Å². The molecule has 0 aliphatic carbocycles. The van der Waals surface area contributed by atoms with Crippen molar-refractivity contribution in [3.05, 3.63) is 29.8 Å². The molecule has 0 unspecified atom stereocenters. The Kier molecular flexibility index (Phi) is 7.80. The monoisotopic (exact) mass is 454 g/mol. The molecule has 162 valence electrons. The van der Waals surface area contributed by atoms with Gasteiger partial charge in [-0.1, -0.05) is 18.2 Å². The molecule has 1 rings (SSSR count). The molecule has 0 saturated carbocycles. The molecule has 0 amide bonds. The van der Waals surface area contributed by atoms with Crippen molar-refractivity contribution >= 4 is 17.7 Å². The number of rotatable bonds is 9. The summed E-state index contributed by atoms with van der Waals surface area (Å²) in [6, 6.07) is 2.62. The average molecular weight is 454 g/mol. The van der Waals surface area contributed by atoms with Gasteiger partial charge in [0.2, 0.25) is 0 Å². The van der Waals surface area contributed by atoms with Gasteiger partial charge in [-0.3, -0.25) is 8.75 Å². The van der Waals surface area contributed by atoms with E-state index >= 15 is 0 Å². The quantitative estimate of drug-likeness (QED) is 0.295. The number of halogens is 5. The molecule has 1 aromatic rings. The first-order valence-corrected chi connectivity index (χ1v) is 11.0. The summed E-state index contributed by atoms with van der Waals surface area (Å²) in [4.78, 5) is -1.40. The van der Waals surface area contributed by atoms with Gasteiger partial charge in [-0.25, -0.2) is 0 Å². The predicted molar refractivity (Wildman–Crippen MR) is 89.6 cm³/mol. The molecule has 0 aliphatic heterocycles. The fourth-order valence-electron chi connectivity index (χ4n) is 2.02. The minimum atomic E-state index is -6.03. The van der Waals surface area contributed by atoms with Gasteiger partial charge in [-0.05, 0) is 33.8 Å². The maximum absolute atomic E-state index is 13.7. The summed E-state index contributed by atoms with van der Waals surface area (Å²) in [6.07, 6.45) is -8.57. The summed E-state index contributed by atoms with van der Waals surface area (Å²) < 4.78 is 117. The number of alkyl halides is 5. The first kappa shape index (κ1) is 25.0. The lowest BCUT2D eigenvalue weighted by Crippen LogP contribution is -2.35. The minimum absolute atomic E-state index is 0.318. The zero-order valence-electron chi connectivity index (χ0n) is 15.4. The van der Waals surface area contributed by atoms with Crippen molar-refractivity contribution in [2.75, 3.05) is 6.35 Å². The average Bonchev–Trinajstić information content (AvgIpc) is 2.50. The Labute approximate surface area is 159 Å². The van der Waals surface area contributed by atoms with Crippen LogP contribution in [0.4, 0.5) is 22.0 Å². The molecule has 0 aliphatic rings. The molecule has 13 heteroatoms. The third kappa shape index (κ3) is 6.21. The van der Waals surface area contributed by atoms with Crippen LogP contribution in [0.25, 0.3) is 0 Å². The fraction of sp³-hybridized carbons (Fsp3) is 0.600. The Morgan fingerprint density at radius 2 is 1.43 bits per heavy atom. The summed E-state index contributed by atoms with van der Waals surface area (Å²) >= 11 is 0. The maximum Gasteiger partial charge on any atom is 0.458 e. The van der Waals surface area contributed by atoms with E-state index in [-0.39, 0.29) is 0 Å². The summed E-state index contributed by atoms with van der Waals surface area (Å²) in [5.74, 6) is -5.45.